The molecule has 3 aliphatic rings. The van der Waals surface area contributed by atoms with Gasteiger partial charge in [-0.1, -0.05) is 23.6 Å². The molecule has 3 heterocycles. The summed E-state index contributed by atoms with van der Waals surface area (Å²) < 4.78 is 129. The van der Waals surface area contributed by atoms with Gasteiger partial charge >= 0.3 is 6.18 Å². The average Bonchev–Trinajstić information content (AvgIpc) is 4.08. The van der Waals surface area contributed by atoms with Crippen molar-refractivity contribution in [3.8, 4) is 23.0 Å². The molecule has 2 aromatic carbocycles. The van der Waals surface area contributed by atoms with Crippen molar-refractivity contribution in [2.24, 2.45) is 18.0 Å². The van der Waals surface area contributed by atoms with Crippen LogP contribution in [0.2, 0.25) is 5.02 Å². The van der Waals surface area contributed by atoms with E-state index in [1.807, 2.05) is 0 Å². The van der Waals surface area contributed by atoms with Gasteiger partial charge in [-0.25, -0.2) is 22.2 Å². The minimum atomic E-state index is -5.08. The van der Waals surface area contributed by atoms with Gasteiger partial charge in [0.1, 0.15) is 34.3 Å². The van der Waals surface area contributed by atoms with E-state index in [0.717, 1.165) is 12.1 Å². The van der Waals surface area contributed by atoms with Gasteiger partial charge in [0, 0.05) is 35.7 Å². The molecule has 5 aromatic rings. The number of aryl methyl sites for hydroxylation is 1. The summed E-state index contributed by atoms with van der Waals surface area (Å²) in [7, 11) is -2.08. The van der Waals surface area contributed by atoms with Crippen LogP contribution in [0.25, 0.3) is 22.0 Å². The molecular formula is C40H31ClF7N7O3S2. The van der Waals surface area contributed by atoms with E-state index in [4.69, 9.17) is 28.8 Å². The van der Waals surface area contributed by atoms with Gasteiger partial charge in [0.25, 0.3) is 5.92 Å². The highest BCUT2D eigenvalue weighted by molar-refractivity contribution is 7.93. The van der Waals surface area contributed by atoms with Gasteiger partial charge in [0.05, 0.1) is 38.1 Å². The second-order valence-electron chi connectivity index (χ2n) is 15.5. The summed E-state index contributed by atoms with van der Waals surface area (Å²) in [5.74, 6) is -3.39. The van der Waals surface area contributed by atoms with Gasteiger partial charge in [-0.3, -0.25) is 14.2 Å². The third-order valence-corrected chi connectivity index (χ3v) is 14.3. The lowest BCUT2D eigenvalue weighted by molar-refractivity contribution is -0.142. The maximum Gasteiger partial charge on any atom is 0.435 e. The van der Waals surface area contributed by atoms with Crippen LogP contribution in [0, 0.1) is 29.4 Å². The Morgan fingerprint density at radius 3 is 2.42 bits per heavy atom. The van der Waals surface area contributed by atoms with E-state index in [1.54, 1.807) is 19.2 Å². The number of carbonyl (C=O) groups is 1. The van der Waals surface area contributed by atoms with E-state index in [9.17, 15) is 35.2 Å². The Morgan fingerprint density at radius 1 is 1.08 bits per heavy atom. The minimum Gasteiger partial charge on any atom is -0.346 e. The van der Waals surface area contributed by atoms with Crippen LogP contribution in [-0.4, -0.2) is 54.0 Å². The number of aliphatic imine (C=N–C) groups is 1. The standard InChI is InChI=1S/C40H31ClF7N7O3S2/c1-38(2,60(57,58)23-5-6-23)11-10-22-4-7-24(25-8-9-28(41)32-34(25)54(3)53-37(32)49-18-59)33(50-22)29(14-19-12-20(42)15-21(43)13-19)51-30(56)17-55-36-31(35(52-55)40(46,47)48)26-16-27(26)39(36,44)45/h4,7-9,12-13,15,23,26-27,29H,5-6,14,16-17H2,1-3H3,(H,51,56)/t26-,27+,29-/m0/s1. The lowest BCUT2D eigenvalue weighted by Crippen LogP contribution is -2.35. The number of carbonyl (C=O) groups excluding carboxylic acids is 1. The lowest BCUT2D eigenvalue weighted by atomic mass is 9.93. The summed E-state index contributed by atoms with van der Waals surface area (Å²) in [6.45, 7) is 1.83. The maximum absolute atomic E-state index is 15.5. The van der Waals surface area contributed by atoms with E-state index in [0.29, 0.717) is 40.1 Å². The van der Waals surface area contributed by atoms with Crippen molar-refractivity contribution < 1.29 is 43.9 Å². The quantitative estimate of drug-likeness (QED) is 0.0646. The number of halogens is 8. The van der Waals surface area contributed by atoms with Crippen LogP contribution in [0.5, 0.6) is 0 Å². The summed E-state index contributed by atoms with van der Waals surface area (Å²) in [6.07, 6.45) is -4.62. The Kier molecular flexibility index (Phi) is 10.0. The van der Waals surface area contributed by atoms with Crippen molar-refractivity contribution >= 4 is 61.4 Å². The van der Waals surface area contributed by atoms with Crippen molar-refractivity contribution in [1.82, 2.24) is 29.9 Å². The summed E-state index contributed by atoms with van der Waals surface area (Å²) in [4.78, 5) is 22.8. The zero-order chi connectivity index (χ0) is 43.3. The zero-order valence-corrected chi connectivity index (χ0v) is 34.0. The lowest BCUT2D eigenvalue weighted by Gasteiger charge is -2.23. The molecule has 8 rings (SSSR count). The number of amides is 1. The number of nitrogens with zero attached hydrogens (tertiary/aromatic N) is 6. The molecular weight excluding hydrogens is 859 g/mol. The minimum absolute atomic E-state index is 0.00375. The van der Waals surface area contributed by atoms with Crippen LogP contribution in [0.4, 0.5) is 36.6 Å². The van der Waals surface area contributed by atoms with Crippen molar-refractivity contribution in [1.29, 1.82) is 0 Å². The Morgan fingerprint density at radius 2 is 1.77 bits per heavy atom. The van der Waals surface area contributed by atoms with Crippen LogP contribution < -0.4 is 5.32 Å². The fraction of sp³-hybridized carbons (Fsp3) is 0.375. The van der Waals surface area contributed by atoms with Crippen LogP contribution in [-0.2, 0) is 46.7 Å². The average molecular weight is 890 g/mol. The maximum atomic E-state index is 15.5. The number of hydrogen-bond donors (Lipinski definition) is 1. The molecule has 0 aliphatic heterocycles. The highest BCUT2D eigenvalue weighted by Crippen LogP contribution is 2.68. The van der Waals surface area contributed by atoms with Crippen LogP contribution >= 0.6 is 23.8 Å². The highest BCUT2D eigenvalue weighted by Gasteiger charge is 2.68. The van der Waals surface area contributed by atoms with Crippen molar-refractivity contribution in [2.45, 2.75) is 80.1 Å². The molecule has 0 radical (unpaired) electrons. The summed E-state index contributed by atoms with van der Waals surface area (Å²) in [5.41, 5.74) is -2.09. The zero-order valence-electron chi connectivity index (χ0n) is 31.6. The van der Waals surface area contributed by atoms with Gasteiger partial charge in [0.15, 0.2) is 21.3 Å². The topological polar surface area (TPSA) is 124 Å². The fourth-order valence-electron chi connectivity index (χ4n) is 7.96. The van der Waals surface area contributed by atoms with Crippen molar-refractivity contribution in [2.75, 3.05) is 0 Å². The number of thiocarbonyl (C=S) groups is 1. The number of benzene rings is 2. The predicted molar refractivity (Wildman–Crippen MR) is 209 cm³/mol. The van der Waals surface area contributed by atoms with E-state index in [-0.39, 0.29) is 39.8 Å². The monoisotopic (exact) mass is 889 g/mol. The molecule has 20 heteroatoms. The molecule has 2 saturated carbocycles. The highest BCUT2D eigenvalue weighted by atomic mass is 35.5. The number of fused-ring (bicyclic) bond motifs is 4. The number of isothiocyanates is 1. The number of nitrogens with one attached hydrogen (secondary N) is 1. The predicted octanol–water partition coefficient (Wildman–Crippen LogP) is 8.53. The second-order valence-corrected chi connectivity index (χ2v) is 18.9. The molecule has 0 unspecified atom stereocenters. The van der Waals surface area contributed by atoms with Crippen molar-refractivity contribution in [3.05, 3.63) is 93.0 Å². The molecule has 2 fully saturated rings. The SMILES string of the molecule is Cn1nc(N=C=S)c2c(Cl)ccc(-c3ccc(C#CC(C)(C)S(=O)(=O)C4CC4)nc3[C@H](Cc3cc(F)cc(F)c3)NC(=O)Cn3nc(C(F)(F)F)c4c3C(F)(F)[C@@H]3C[C@H]43)c21. The molecule has 3 atom stereocenters. The first kappa shape index (κ1) is 41.6. The molecule has 60 heavy (non-hydrogen) atoms. The number of aromatic nitrogens is 5. The van der Waals surface area contributed by atoms with E-state index >= 15 is 8.78 Å². The number of hydrogen-bond acceptors (Lipinski definition) is 8. The summed E-state index contributed by atoms with van der Waals surface area (Å²) in [6, 6.07) is 7.41. The third-order valence-electron chi connectivity index (χ3n) is 11.0. The molecule has 0 bridgehead atoms. The molecule has 10 nitrogen and oxygen atoms in total. The first-order valence-corrected chi connectivity index (χ1v) is 20.8. The fourth-order valence-corrected chi connectivity index (χ4v) is 10.1. The Labute approximate surface area is 348 Å². The van der Waals surface area contributed by atoms with Gasteiger partial charge in [-0.2, -0.15) is 37.1 Å². The Bertz CT molecular complexity index is 2850. The molecule has 1 amide bonds. The van der Waals surface area contributed by atoms with Gasteiger partial charge in [-0.05, 0) is 99.5 Å². The third kappa shape index (κ3) is 7.26. The first-order chi connectivity index (χ1) is 28.1. The number of sulfone groups is 1. The van der Waals surface area contributed by atoms with Crippen LogP contribution in [0.1, 0.15) is 79.0 Å². The smallest absolute Gasteiger partial charge is 0.346 e. The molecule has 3 aromatic heterocycles. The largest absolute Gasteiger partial charge is 0.435 e. The molecule has 1 N–H and O–H groups in total. The van der Waals surface area contributed by atoms with Gasteiger partial charge < -0.3 is 5.32 Å². The Balaban J connectivity index is 1.29. The molecule has 312 valence electrons. The number of pyridine rings is 1. The number of rotatable bonds is 10. The number of alkyl halides is 5. The molecule has 0 saturated heterocycles. The van der Waals surface area contributed by atoms with Gasteiger partial charge in [0.2, 0.25) is 5.91 Å². The van der Waals surface area contributed by atoms with Crippen molar-refractivity contribution in [3.63, 3.8) is 0 Å². The van der Waals surface area contributed by atoms with Gasteiger partial charge in [-0.15, -0.1) is 0 Å². The van der Waals surface area contributed by atoms with E-state index in [2.05, 4.69) is 37.5 Å². The molecule has 0 spiro atoms. The second kappa shape index (κ2) is 14.5. The summed E-state index contributed by atoms with van der Waals surface area (Å²) >= 11 is 11.4. The molecule has 3 aliphatic carbocycles. The van der Waals surface area contributed by atoms with Crippen LogP contribution in [0.3, 0.4) is 0 Å². The summed E-state index contributed by atoms with van der Waals surface area (Å²) in [5, 5.41) is 12.8. The van der Waals surface area contributed by atoms with E-state index in [1.165, 1.54) is 30.7 Å². The van der Waals surface area contributed by atoms with E-state index < -0.39 is 97.3 Å². The van der Waals surface area contributed by atoms with Crippen LogP contribution in [0.15, 0.2) is 47.5 Å². The normalized spacial score (nSPS) is 18.6. The Hall–Kier alpha value is -5.15. The first-order valence-electron chi connectivity index (χ1n) is 18.4.